The molecule has 1 aromatic rings. The van der Waals surface area contributed by atoms with Gasteiger partial charge in [0.25, 0.3) is 0 Å². The Bertz CT molecular complexity index is 457. The maximum atomic E-state index is 11.6. The molecule has 0 aliphatic heterocycles. The van der Waals surface area contributed by atoms with Crippen molar-refractivity contribution in [3.8, 4) is 0 Å². The fraction of sp³-hybridized carbons (Fsp3) is 0.467. The van der Waals surface area contributed by atoms with E-state index in [0.717, 1.165) is 5.56 Å². The number of esters is 1. The predicted molar refractivity (Wildman–Crippen MR) is 76.4 cm³/mol. The van der Waals surface area contributed by atoms with Gasteiger partial charge in [-0.15, -0.1) is 0 Å². The minimum atomic E-state index is -0.456. The van der Waals surface area contributed by atoms with Crippen LogP contribution in [0.4, 0.5) is 5.69 Å². The number of rotatable bonds is 7. The van der Waals surface area contributed by atoms with Gasteiger partial charge in [0.2, 0.25) is 5.91 Å². The zero-order valence-corrected chi connectivity index (χ0v) is 12.1. The maximum absolute atomic E-state index is 11.6. The SMILES string of the molecule is Cc1cccc(NC(=O)COCC(=O)OCC(C)C)c1. The third-order valence-electron chi connectivity index (χ3n) is 2.33. The van der Waals surface area contributed by atoms with Crippen LogP contribution in [0.5, 0.6) is 0 Å². The van der Waals surface area contributed by atoms with Crippen molar-refractivity contribution in [2.45, 2.75) is 20.8 Å². The Labute approximate surface area is 119 Å². The van der Waals surface area contributed by atoms with E-state index in [1.807, 2.05) is 39.0 Å². The number of aryl methyl sites for hydroxylation is 1. The van der Waals surface area contributed by atoms with Gasteiger partial charge in [-0.1, -0.05) is 26.0 Å². The fourth-order valence-electron chi connectivity index (χ4n) is 1.45. The summed E-state index contributed by atoms with van der Waals surface area (Å²) >= 11 is 0. The lowest BCUT2D eigenvalue weighted by Gasteiger charge is -2.08. The summed E-state index contributed by atoms with van der Waals surface area (Å²) in [5, 5.41) is 2.69. The number of hydrogen-bond donors (Lipinski definition) is 1. The van der Waals surface area contributed by atoms with E-state index in [1.54, 1.807) is 6.07 Å². The summed E-state index contributed by atoms with van der Waals surface area (Å²) in [6.07, 6.45) is 0. The number of anilines is 1. The number of ether oxygens (including phenoxy) is 2. The number of nitrogens with one attached hydrogen (secondary N) is 1. The van der Waals surface area contributed by atoms with E-state index < -0.39 is 5.97 Å². The van der Waals surface area contributed by atoms with Crippen LogP contribution in [-0.2, 0) is 19.1 Å². The normalized spacial score (nSPS) is 10.4. The zero-order chi connectivity index (χ0) is 15.0. The molecule has 110 valence electrons. The summed E-state index contributed by atoms with van der Waals surface area (Å²) in [5.74, 6) is -0.474. The van der Waals surface area contributed by atoms with E-state index in [4.69, 9.17) is 9.47 Å². The van der Waals surface area contributed by atoms with Gasteiger partial charge in [0.15, 0.2) is 0 Å². The maximum Gasteiger partial charge on any atom is 0.332 e. The molecule has 0 atom stereocenters. The number of hydrogen-bond acceptors (Lipinski definition) is 4. The summed E-state index contributed by atoms with van der Waals surface area (Å²) in [6.45, 7) is 5.81. The zero-order valence-electron chi connectivity index (χ0n) is 12.1. The van der Waals surface area contributed by atoms with Gasteiger partial charge in [0.05, 0.1) is 6.61 Å². The molecule has 0 radical (unpaired) electrons. The van der Waals surface area contributed by atoms with Crippen LogP contribution in [0, 0.1) is 12.8 Å². The number of carbonyl (C=O) groups excluding carboxylic acids is 2. The van der Waals surface area contributed by atoms with Crippen molar-refractivity contribution in [1.82, 2.24) is 0 Å². The highest BCUT2D eigenvalue weighted by Crippen LogP contribution is 2.09. The van der Waals surface area contributed by atoms with Crippen LogP contribution >= 0.6 is 0 Å². The van der Waals surface area contributed by atoms with Crippen molar-refractivity contribution < 1.29 is 19.1 Å². The van der Waals surface area contributed by atoms with E-state index in [1.165, 1.54) is 0 Å². The molecule has 1 aromatic carbocycles. The topological polar surface area (TPSA) is 64.6 Å². The molecule has 0 spiro atoms. The summed E-state index contributed by atoms with van der Waals surface area (Å²) in [5.41, 5.74) is 1.77. The molecule has 20 heavy (non-hydrogen) atoms. The molecule has 5 nitrogen and oxygen atoms in total. The second-order valence-electron chi connectivity index (χ2n) is 4.99. The van der Waals surface area contributed by atoms with Crippen molar-refractivity contribution in [1.29, 1.82) is 0 Å². The second-order valence-corrected chi connectivity index (χ2v) is 4.99. The number of benzene rings is 1. The first-order chi connectivity index (χ1) is 9.47. The predicted octanol–water partition coefficient (Wildman–Crippen LogP) is 2.15. The van der Waals surface area contributed by atoms with Gasteiger partial charge in [0, 0.05) is 5.69 Å². The highest BCUT2D eigenvalue weighted by molar-refractivity contribution is 5.91. The van der Waals surface area contributed by atoms with Crippen LogP contribution in [0.15, 0.2) is 24.3 Å². The Morgan fingerprint density at radius 1 is 1.25 bits per heavy atom. The molecule has 1 N–H and O–H groups in total. The summed E-state index contributed by atoms with van der Waals surface area (Å²) in [6, 6.07) is 7.45. The average Bonchev–Trinajstić information content (AvgIpc) is 2.36. The van der Waals surface area contributed by atoms with E-state index in [0.29, 0.717) is 12.3 Å². The first-order valence-corrected chi connectivity index (χ1v) is 6.57. The first kappa shape index (κ1) is 16.2. The van der Waals surface area contributed by atoms with E-state index in [9.17, 15) is 9.59 Å². The average molecular weight is 279 g/mol. The Balaban J connectivity index is 2.22. The lowest BCUT2D eigenvalue weighted by molar-refractivity contribution is -0.150. The Morgan fingerprint density at radius 2 is 2.00 bits per heavy atom. The van der Waals surface area contributed by atoms with Crippen LogP contribution in [0.3, 0.4) is 0 Å². The fourth-order valence-corrected chi connectivity index (χ4v) is 1.45. The summed E-state index contributed by atoms with van der Waals surface area (Å²) in [4.78, 5) is 22.8. The molecular formula is C15H21NO4. The molecule has 1 amide bonds. The van der Waals surface area contributed by atoms with Gasteiger partial charge in [-0.25, -0.2) is 4.79 Å². The second kappa shape index (κ2) is 8.32. The van der Waals surface area contributed by atoms with Crippen LogP contribution in [0.2, 0.25) is 0 Å². The van der Waals surface area contributed by atoms with Crippen molar-refractivity contribution >= 4 is 17.6 Å². The van der Waals surface area contributed by atoms with Crippen molar-refractivity contribution in [3.05, 3.63) is 29.8 Å². The Morgan fingerprint density at radius 3 is 2.65 bits per heavy atom. The Hall–Kier alpha value is -1.88. The molecule has 0 unspecified atom stereocenters. The molecule has 0 aliphatic rings. The van der Waals surface area contributed by atoms with Crippen LogP contribution in [0.1, 0.15) is 19.4 Å². The molecule has 1 rings (SSSR count). The number of carbonyl (C=O) groups is 2. The lowest BCUT2D eigenvalue weighted by atomic mass is 10.2. The molecule has 0 bridgehead atoms. The molecule has 0 heterocycles. The summed E-state index contributed by atoms with van der Waals surface area (Å²) in [7, 11) is 0. The van der Waals surface area contributed by atoms with Gasteiger partial charge < -0.3 is 14.8 Å². The van der Waals surface area contributed by atoms with Crippen LogP contribution < -0.4 is 5.32 Å². The lowest BCUT2D eigenvalue weighted by Crippen LogP contribution is -2.22. The van der Waals surface area contributed by atoms with Gasteiger partial charge >= 0.3 is 5.97 Å². The van der Waals surface area contributed by atoms with Crippen LogP contribution in [-0.4, -0.2) is 31.7 Å². The summed E-state index contributed by atoms with van der Waals surface area (Å²) < 4.78 is 9.93. The van der Waals surface area contributed by atoms with Gasteiger partial charge in [0.1, 0.15) is 13.2 Å². The molecule has 5 heteroatoms. The van der Waals surface area contributed by atoms with E-state index in [2.05, 4.69) is 5.32 Å². The van der Waals surface area contributed by atoms with Crippen molar-refractivity contribution in [3.63, 3.8) is 0 Å². The standard InChI is InChI=1S/C15H21NO4/c1-11(2)8-20-15(18)10-19-9-14(17)16-13-6-4-5-12(3)7-13/h4-7,11H,8-10H2,1-3H3,(H,16,17). The Kier molecular flexibility index (Phi) is 6.73. The minimum absolute atomic E-state index is 0.176. The molecular weight excluding hydrogens is 258 g/mol. The van der Waals surface area contributed by atoms with Crippen molar-refractivity contribution in [2.24, 2.45) is 5.92 Å². The van der Waals surface area contributed by atoms with Crippen LogP contribution in [0.25, 0.3) is 0 Å². The van der Waals surface area contributed by atoms with Gasteiger partial charge in [-0.3, -0.25) is 4.79 Å². The molecule has 0 aromatic heterocycles. The quantitative estimate of drug-likeness (QED) is 0.777. The minimum Gasteiger partial charge on any atom is -0.464 e. The van der Waals surface area contributed by atoms with E-state index >= 15 is 0 Å². The van der Waals surface area contributed by atoms with Crippen molar-refractivity contribution in [2.75, 3.05) is 25.1 Å². The third-order valence-corrected chi connectivity index (χ3v) is 2.33. The monoisotopic (exact) mass is 279 g/mol. The number of amides is 1. The molecule has 0 aliphatic carbocycles. The van der Waals surface area contributed by atoms with Gasteiger partial charge in [-0.05, 0) is 30.5 Å². The largest absolute Gasteiger partial charge is 0.464 e. The highest BCUT2D eigenvalue weighted by Gasteiger charge is 2.07. The highest BCUT2D eigenvalue weighted by atomic mass is 16.6. The smallest absolute Gasteiger partial charge is 0.332 e. The van der Waals surface area contributed by atoms with E-state index in [-0.39, 0.29) is 25.0 Å². The molecule has 0 saturated heterocycles. The third kappa shape index (κ3) is 6.89. The molecule has 0 fully saturated rings. The molecule has 0 saturated carbocycles. The first-order valence-electron chi connectivity index (χ1n) is 6.57. The van der Waals surface area contributed by atoms with Gasteiger partial charge in [-0.2, -0.15) is 0 Å².